The molecule has 0 aliphatic heterocycles. The van der Waals surface area contributed by atoms with Gasteiger partial charge < -0.3 is 14.7 Å². The number of hydrogen-bond donors (Lipinski definition) is 2. The average Bonchev–Trinajstić information content (AvgIpc) is 2.59. The first-order chi connectivity index (χ1) is 9.00. The Hall–Kier alpha value is -1.78. The Balaban J connectivity index is 2.16. The Morgan fingerprint density at radius 3 is 2.37 bits per heavy atom. The van der Waals surface area contributed by atoms with Crippen LogP contribution in [0.5, 0.6) is 5.75 Å². The third-order valence-electron chi connectivity index (χ3n) is 3.80. The summed E-state index contributed by atoms with van der Waals surface area (Å²) in [6.45, 7) is 4.33. The monoisotopic (exact) mass is 254 g/mol. The van der Waals surface area contributed by atoms with E-state index in [1.54, 1.807) is 6.07 Å². The van der Waals surface area contributed by atoms with E-state index in [0.29, 0.717) is 5.75 Å². The molecule has 1 aliphatic rings. The molecule has 3 rings (SSSR count). The molecule has 0 bridgehead atoms. The lowest BCUT2D eigenvalue weighted by atomic mass is 9.82. The summed E-state index contributed by atoms with van der Waals surface area (Å²) >= 11 is 0. The van der Waals surface area contributed by atoms with Crippen molar-refractivity contribution in [2.45, 2.75) is 19.3 Å². The van der Waals surface area contributed by atoms with Crippen LogP contribution in [-0.2, 0) is 5.41 Å². The first kappa shape index (κ1) is 12.3. The third kappa shape index (κ3) is 1.84. The molecule has 0 atom stereocenters. The molecule has 19 heavy (non-hydrogen) atoms. The Kier molecular flexibility index (Phi) is 2.66. The summed E-state index contributed by atoms with van der Waals surface area (Å²) in [5, 5.41) is 17.8. The second-order valence-electron chi connectivity index (χ2n) is 5.32. The maximum absolute atomic E-state index is 8.89. The van der Waals surface area contributed by atoms with E-state index in [9.17, 15) is 0 Å². The molecule has 0 unspecified atom stereocenters. The fraction of sp³-hybridized carbons (Fsp3) is 0.200. The Bertz CT molecular complexity index is 635. The van der Waals surface area contributed by atoms with Gasteiger partial charge in [0.2, 0.25) is 0 Å². The molecule has 0 aromatic heterocycles. The van der Waals surface area contributed by atoms with Crippen LogP contribution in [0.25, 0.3) is 11.1 Å². The van der Waals surface area contributed by atoms with Crippen LogP contribution in [0.4, 0.5) is 0 Å². The lowest BCUT2D eigenvalue weighted by Gasteiger charge is -2.21. The fourth-order valence-corrected chi connectivity index (χ4v) is 2.88. The van der Waals surface area contributed by atoms with Gasteiger partial charge in [0, 0.05) is 5.41 Å². The molecule has 0 fully saturated rings. The van der Waals surface area contributed by atoms with Crippen molar-refractivity contribution >= 4 is 7.32 Å². The van der Waals surface area contributed by atoms with E-state index >= 15 is 0 Å². The molecular formula is C15H15BO3. The summed E-state index contributed by atoms with van der Waals surface area (Å²) < 4.78 is 4.94. The van der Waals surface area contributed by atoms with Crippen LogP contribution >= 0.6 is 0 Å². The van der Waals surface area contributed by atoms with Gasteiger partial charge in [-0.3, -0.25) is 0 Å². The highest BCUT2D eigenvalue weighted by atomic mass is 16.6. The van der Waals surface area contributed by atoms with Gasteiger partial charge in [-0.1, -0.05) is 44.2 Å². The first-order valence-electron chi connectivity index (χ1n) is 6.27. The molecule has 0 radical (unpaired) electrons. The summed E-state index contributed by atoms with van der Waals surface area (Å²) in [5.74, 6) is 0.467. The number of rotatable bonds is 2. The van der Waals surface area contributed by atoms with Crippen LogP contribution in [0.15, 0.2) is 42.5 Å². The molecule has 3 nitrogen and oxygen atoms in total. The Morgan fingerprint density at radius 2 is 1.63 bits per heavy atom. The van der Waals surface area contributed by atoms with E-state index in [2.05, 4.69) is 26.0 Å². The maximum atomic E-state index is 8.89. The van der Waals surface area contributed by atoms with Gasteiger partial charge in [-0.05, 0) is 34.4 Å². The van der Waals surface area contributed by atoms with Crippen molar-refractivity contribution < 1.29 is 14.7 Å². The molecule has 2 aromatic carbocycles. The van der Waals surface area contributed by atoms with Gasteiger partial charge in [0.15, 0.2) is 0 Å². The average molecular weight is 254 g/mol. The normalized spacial score (nSPS) is 14.7. The van der Waals surface area contributed by atoms with Crippen LogP contribution < -0.4 is 4.65 Å². The van der Waals surface area contributed by atoms with Gasteiger partial charge >= 0.3 is 7.32 Å². The van der Waals surface area contributed by atoms with Gasteiger partial charge in [-0.15, -0.1) is 0 Å². The number of hydrogen-bond acceptors (Lipinski definition) is 3. The molecule has 2 aromatic rings. The molecule has 4 heteroatoms. The lowest BCUT2D eigenvalue weighted by molar-refractivity contribution is 0.288. The number of benzene rings is 2. The summed E-state index contributed by atoms with van der Waals surface area (Å²) in [6, 6.07) is 13.9. The van der Waals surface area contributed by atoms with Crippen LogP contribution in [0.2, 0.25) is 0 Å². The molecular weight excluding hydrogens is 239 g/mol. The molecule has 2 N–H and O–H groups in total. The second kappa shape index (κ2) is 4.12. The van der Waals surface area contributed by atoms with E-state index in [1.807, 2.05) is 24.3 Å². The smallest absolute Gasteiger partial charge is 0.512 e. The molecule has 0 saturated heterocycles. The molecule has 0 heterocycles. The van der Waals surface area contributed by atoms with Gasteiger partial charge in [0.25, 0.3) is 0 Å². The standard InChI is InChI=1S/C15H15BO3/c1-15(2)13-6-4-3-5-11(13)12-8-7-10(9-14(12)15)19-16(17)18/h3-9,17-18H,1-2H3. The van der Waals surface area contributed by atoms with E-state index in [0.717, 1.165) is 5.56 Å². The fourth-order valence-electron chi connectivity index (χ4n) is 2.88. The minimum absolute atomic E-state index is 0.105. The molecule has 96 valence electrons. The van der Waals surface area contributed by atoms with Gasteiger partial charge in [0.05, 0.1) is 0 Å². The summed E-state index contributed by atoms with van der Waals surface area (Å²) in [5.41, 5.74) is 4.74. The van der Waals surface area contributed by atoms with Gasteiger partial charge in [0.1, 0.15) is 5.75 Å². The third-order valence-corrected chi connectivity index (χ3v) is 3.80. The highest BCUT2D eigenvalue weighted by Crippen LogP contribution is 2.49. The number of fused-ring (bicyclic) bond motifs is 3. The highest BCUT2D eigenvalue weighted by Gasteiger charge is 2.35. The van der Waals surface area contributed by atoms with E-state index in [-0.39, 0.29) is 5.41 Å². The Labute approximate surface area is 112 Å². The summed E-state index contributed by atoms with van der Waals surface area (Å²) in [4.78, 5) is 0. The minimum atomic E-state index is -1.79. The minimum Gasteiger partial charge on any atom is -0.512 e. The van der Waals surface area contributed by atoms with Gasteiger partial charge in [-0.2, -0.15) is 0 Å². The molecule has 0 spiro atoms. The van der Waals surface area contributed by atoms with Crippen molar-refractivity contribution in [3.63, 3.8) is 0 Å². The van der Waals surface area contributed by atoms with Crippen molar-refractivity contribution in [1.29, 1.82) is 0 Å². The molecule has 0 amide bonds. The predicted molar refractivity (Wildman–Crippen MR) is 74.8 cm³/mol. The molecule has 1 aliphatic carbocycles. The van der Waals surface area contributed by atoms with Crippen LogP contribution in [0, 0.1) is 0 Å². The topological polar surface area (TPSA) is 49.7 Å². The van der Waals surface area contributed by atoms with E-state index < -0.39 is 7.32 Å². The zero-order valence-electron chi connectivity index (χ0n) is 10.9. The van der Waals surface area contributed by atoms with Crippen molar-refractivity contribution in [2.24, 2.45) is 0 Å². The molecule has 0 saturated carbocycles. The predicted octanol–water partition coefficient (Wildman–Crippen LogP) is 2.34. The zero-order valence-corrected chi connectivity index (χ0v) is 10.9. The zero-order chi connectivity index (χ0) is 13.6. The largest absolute Gasteiger partial charge is 0.707 e. The van der Waals surface area contributed by atoms with E-state index in [4.69, 9.17) is 14.7 Å². The van der Waals surface area contributed by atoms with Crippen LogP contribution in [0.1, 0.15) is 25.0 Å². The lowest BCUT2D eigenvalue weighted by Crippen LogP contribution is -2.21. The van der Waals surface area contributed by atoms with Crippen molar-refractivity contribution in [3.05, 3.63) is 53.6 Å². The Morgan fingerprint density at radius 1 is 0.947 bits per heavy atom. The quantitative estimate of drug-likeness (QED) is 0.808. The maximum Gasteiger partial charge on any atom is 0.707 e. The first-order valence-corrected chi connectivity index (χ1v) is 6.27. The van der Waals surface area contributed by atoms with Crippen LogP contribution in [0.3, 0.4) is 0 Å². The summed E-state index contributed by atoms with van der Waals surface area (Å²) in [7, 11) is -1.79. The van der Waals surface area contributed by atoms with Crippen molar-refractivity contribution in [3.8, 4) is 16.9 Å². The SMILES string of the molecule is CC1(C)c2ccccc2-c2ccc(OB(O)O)cc21. The summed E-state index contributed by atoms with van der Waals surface area (Å²) in [6.07, 6.45) is 0. The van der Waals surface area contributed by atoms with Crippen LogP contribution in [-0.4, -0.2) is 17.4 Å². The highest BCUT2D eigenvalue weighted by molar-refractivity contribution is 6.33. The van der Waals surface area contributed by atoms with Gasteiger partial charge in [-0.25, -0.2) is 0 Å². The van der Waals surface area contributed by atoms with E-state index in [1.165, 1.54) is 16.7 Å². The van der Waals surface area contributed by atoms with Crippen molar-refractivity contribution in [2.75, 3.05) is 0 Å². The second-order valence-corrected chi connectivity index (χ2v) is 5.32. The van der Waals surface area contributed by atoms with Crippen molar-refractivity contribution in [1.82, 2.24) is 0 Å².